The fourth-order valence-corrected chi connectivity index (χ4v) is 6.97. The van der Waals surface area contributed by atoms with Crippen LogP contribution in [0.4, 0.5) is 0 Å². The highest BCUT2D eigenvalue weighted by Crippen LogP contribution is 2.48. The molecule has 2 atom stereocenters. The van der Waals surface area contributed by atoms with Crippen LogP contribution in [0.5, 0.6) is 0 Å². The summed E-state index contributed by atoms with van der Waals surface area (Å²) < 4.78 is -0.655. The van der Waals surface area contributed by atoms with Gasteiger partial charge < -0.3 is 10.6 Å². The Morgan fingerprint density at radius 1 is 0.698 bits per heavy atom. The number of carbonyl (C=O) groups is 3. The standard InChI is InChI=1S/C37H48N2O3S/c1-6-7-8-9-19-26-31(34(41)39-33(35(42)38-5)36(2,3)4)32(40)27-43-37(28-20-13-10-14-21-28,29-22-15-11-16-23-29)30-24-17-12-18-25-30/h10-18,20-25,31,33H,6-9,19,26-27H2,1-5H3,(H,38,42)(H,39,41)/t31?,33-/m1/s1. The number of hydrogen-bond acceptors (Lipinski definition) is 4. The van der Waals surface area contributed by atoms with Crippen LogP contribution in [0.25, 0.3) is 0 Å². The van der Waals surface area contributed by atoms with Gasteiger partial charge in [-0.1, -0.05) is 151 Å². The summed E-state index contributed by atoms with van der Waals surface area (Å²) in [5.74, 6) is -1.43. The van der Waals surface area contributed by atoms with Crippen molar-refractivity contribution in [3.05, 3.63) is 108 Å². The van der Waals surface area contributed by atoms with Crippen LogP contribution in [-0.2, 0) is 19.1 Å². The van der Waals surface area contributed by atoms with Crippen molar-refractivity contribution in [1.29, 1.82) is 0 Å². The Balaban J connectivity index is 1.97. The quantitative estimate of drug-likeness (QED) is 0.101. The molecule has 1 unspecified atom stereocenters. The molecule has 0 fully saturated rings. The van der Waals surface area contributed by atoms with Gasteiger partial charge in [-0.15, -0.1) is 11.8 Å². The van der Waals surface area contributed by atoms with E-state index in [1.54, 1.807) is 18.8 Å². The minimum atomic E-state index is -0.830. The number of unbranched alkanes of at least 4 members (excludes halogenated alkanes) is 4. The number of Topliss-reactive ketones (excluding diaryl/α,β-unsaturated/α-hetero) is 1. The Morgan fingerprint density at radius 3 is 1.58 bits per heavy atom. The smallest absolute Gasteiger partial charge is 0.242 e. The molecule has 2 amide bonds. The summed E-state index contributed by atoms with van der Waals surface area (Å²) in [6.07, 6.45) is 5.56. The van der Waals surface area contributed by atoms with Crippen molar-refractivity contribution in [1.82, 2.24) is 10.6 Å². The van der Waals surface area contributed by atoms with Gasteiger partial charge in [-0.2, -0.15) is 0 Å². The first-order chi connectivity index (χ1) is 20.6. The van der Waals surface area contributed by atoms with E-state index in [0.29, 0.717) is 6.42 Å². The van der Waals surface area contributed by atoms with E-state index in [1.807, 2.05) is 75.4 Å². The molecule has 0 aliphatic rings. The van der Waals surface area contributed by atoms with Gasteiger partial charge in [-0.05, 0) is 28.5 Å². The lowest BCUT2D eigenvalue weighted by Gasteiger charge is -2.36. The summed E-state index contributed by atoms with van der Waals surface area (Å²) in [4.78, 5) is 40.7. The lowest BCUT2D eigenvalue weighted by Crippen LogP contribution is -2.55. The van der Waals surface area contributed by atoms with Crippen LogP contribution in [0.15, 0.2) is 91.0 Å². The van der Waals surface area contributed by atoms with E-state index in [-0.39, 0.29) is 23.4 Å². The minimum absolute atomic E-state index is 0.116. The third-order valence-corrected chi connectivity index (χ3v) is 9.50. The lowest BCUT2D eigenvalue weighted by atomic mass is 9.84. The largest absolute Gasteiger partial charge is 0.357 e. The summed E-state index contributed by atoms with van der Waals surface area (Å²) >= 11 is 1.56. The monoisotopic (exact) mass is 600 g/mol. The molecule has 43 heavy (non-hydrogen) atoms. The molecule has 230 valence electrons. The molecule has 0 aromatic heterocycles. The van der Waals surface area contributed by atoms with Gasteiger partial charge in [-0.3, -0.25) is 14.4 Å². The second-order valence-electron chi connectivity index (χ2n) is 12.2. The van der Waals surface area contributed by atoms with Crippen molar-refractivity contribution in [2.24, 2.45) is 11.3 Å². The Morgan fingerprint density at radius 2 is 1.16 bits per heavy atom. The predicted octanol–water partition coefficient (Wildman–Crippen LogP) is 7.53. The summed E-state index contributed by atoms with van der Waals surface area (Å²) in [6.45, 7) is 7.91. The number of benzene rings is 3. The fourth-order valence-electron chi connectivity index (χ4n) is 5.50. The number of nitrogens with one attached hydrogen (secondary N) is 2. The van der Waals surface area contributed by atoms with Crippen molar-refractivity contribution < 1.29 is 14.4 Å². The summed E-state index contributed by atoms with van der Waals surface area (Å²) in [5.41, 5.74) is 2.69. The number of hydrogen-bond donors (Lipinski definition) is 2. The van der Waals surface area contributed by atoms with E-state index in [2.05, 4.69) is 54.0 Å². The third-order valence-electron chi connectivity index (χ3n) is 7.93. The minimum Gasteiger partial charge on any atom is -0.357 e. The third kappa shape index (κ3) is 9.06. The Hall–Kier alpha value is -3.38. The Kier molecular flexibility index (Phi) is 13.1. The maximum absolute atomic E-state index is 14.1. The maximum atomic E-state index is 14.1. The van der Waals surface area contributed by atoms with Crippen molar-refractivity contribution in [2.45, 2.75) is 77.0 Å². The van der Waals surface area contributed by atoms with Crippen LogP contribution in [0, 0.1) is 11.3 Å². The van der Waals surface area contributed by atoms with Gasteiger partial charge in [0.2, 0.25) is 11.8 Å². The zero-order chi connectivity index (χ0) is 31.3. The molecule has 2 N–H and O–H groups in total. The lowest BCUT2D eigenvalue weighted by molar-refractivity contribution is -0.137. The molecule has 3 rings (SSSR count). The van der Waals surface area contributed by atoms with Gasteiger partial charge in [0.1, 0.15) is 6.04 Å². The van der Waals surface area contributed by atoms with Crippen LogP contribution in [0.3, 0.4) is 0 Å². The van der Waals surface area contributed by atoms with E-state index in [0.717, 1.165) is 48.8 Å². The van der Waals surface area contributed by atoms with Gasteiger partial charge in [0.05, 0.1) is 16.4 Å². The molecule has 3 aromatic rings. The van der Waals surface area contributed by atoms with Crippen molar-refractivity contribution in [3.63, 3.8) is 0 Å². The molecular weight excluding hydrogens is 552 g/mol. The van der Waals surface area contributed by atoms with E-state index in [1.165, 1.54) is 0 Å². The molecule has 0 bridgehead atoms. The normalized spacial score (nSPS) is 13.1. The molecule has 0 spiro atoms. The average molecular weight is 601 g/mol. The Labute approximate surface area is 262 Å². The maximum Gasteiger partial charge on any atom is 0.242 e. The van der Waals surface area contributed by atoms with Crippen LogP contribution >= 0.6 is 11.8 Å². The van der Waals surface area contributed by atoms with Crippen LogP contribution in [0.1, 0.15) is 82.9 Å². The van der Waals surface area contributed by atoms with E-state index < -0.39 is 22.1 Å². The molecule has 5 nitrogen and oxygen atoms in total. The van der Waals surface area contributed by atoms with E-state index in [4.69, 9.17) is 0 Å². The second kappa shape index (κ2) is 16.5. The van der Waals surface area contributed by atoms with Crippen molar-refractivity contribution in [3.8, 4) is 0 Å². The van der Waals surface area contributed by atoms with Crippen LogP contribution in [0.2, 0.25) is 0 Å². The van der Waals surface area contributed by atoms with Gasteiger partial charge in [-0.25, -0.2) is 0 Å². The zero-order valence-corrected chi connectivity index (χ0v) is 27.2. The Bertz CT molecular complexity index is 1190. The molecule has 0 aliphatic carbocycles. The topological polar surface area (TPSA) is 75.3 Å². The molecule has 3 aromatic carbocycles. The van der Waals surface area contributed by atoms with E-state index in [9.17, 15) is 14.4 Å². The van der Waals surface area contributed by atoms with Crippen molar-refractivity contribution >= 4 is 29.4 Å². The highest BCUT2D eigenvalue weighted by molar-refractivity contribution is 8.01. The first-order valence-corrected chi connectivity index (χ1v) is 16.5. The molecule has 0 heterocycles. The molecule has 6 heteroatoms. The number of amides is 2. The zero-order valence-electron chi connectivity index (χ0n) is 26.4. The second-order valence-corrected chi connectivity index (χ2v) is 13.4. The number of ketones is 1. The summed E-state index contributed by atoms with van der Waals surface area (Å²) in [5, 5.41) is 5.62. The van der Waals surface area contributed by atoms with Gasteiger partial charge in [0, 0.05) is 7.05 Å². The first kappa shape index (κ1) is 34.1. The number of likely N-dealkylation sites (N-methyl/N-ethyl adjacent to an activating group) is 1. The summed E-state index contributed by atoms with van der Waals surface area (Å²) in [6, 6.07) is 30.0. The first-order valence-electron chi connectivity index (χ1n) is 15.5. The van der Waals surface area contributed by atoms with Crippen LogP contribution in [-0.4, -0.2) is 36.4 Å². The molecule has 0 radical (unpaired) electrons. The van der Waals surface area contributed by atoms with Crippen LogP contribution < -0.4 is 10.6 Å². The van der Waals surface area contributed by atoms with Gasteiger partial charge >= 0.3 is 0 Å². The molecule has 0 saturated heterocycles. The van der Waals surface area contributed by atoms with Gasteiger partial charge in [0.25, 0.3) is 0 Å². The molecule has 0 saturated carbocycles. The number of rotatable bonds is 16. The predicted molar refractivity (Wildman–Crippen MR) is 179 cm³/mol. The van der Waals surface area contributed by atoms with Crippen molar-refractivity contribution in [2.75, 3.05) is 12.8 Å². The highest BCUT2D eigenvalue weighted by atomic mass is 32.2. The fraction of sp³-hybridized carbons (Fsp3) is 0.432. The van der Waals surface area contributed by atoms with Gasteiger partial charge in [0.15, 0.2) is 5.78 Å². The summed E-state index contributed by atoms with van der Waals surface area (Å²) in [7, 11) is 1.57. The SMILES string of the molecule is CCCCCCCC(C(=O)CSC(c1ccccc1)(c1ccccc1)c1ccccc1)C(=O)N[C@H](C(=O)NC)C(C)(C)C. The number of thioether (sulfide) groups is 1. The average Bonchev–Trinajstić information content (AvgIpc) is 3.02. The highest BCUT2D eigenvalue weighted by Gasteiger charge is 2.40. The molecular formula is C37H48N2O3S. The molecule has 0 aliphatic heterocycles. The van der Waals surface area contributed by atoms with E-state index >= 15 is 0 Å². The number of carbonyl (C=O) groups excluding carboxylic acids is 3.